The number of carbonyl (C=O) groups excluding carboxylic acids is 1. The number of ether oxygens (including phenoxy) is 3. The molecule has 45 heavy (non-hydrogen) atoms. The Balaban J connectivity index is 1.45. The molecule has 1 saturated carbocycles. The molecular weight excluding hydrogens is 671 g/mol. The van der Waals surface area contributed by atoms with E-state index in [2.05, 4.69) is 14.7 Å². The van der Waals surface area contributed by atoms with Crippen LogP contribution in [0.25, 0.3) is 0 Å². The molecular formula is C30H27Cl2F2N3O6S2. The molecule has 1 aliphatic carbocycles. The third-order valence-corrected chi connectivity index (χ3v) is 9.79. The second-order valence-corrected chi connectivity index (χ2v) is 14.1. The molecule has 0 N–H and O–H groups in total. The number of nitrogens with zero attached hydrogens (tertiary/aromatic N) is 3. The minimum atomic E-state index is -3.72. The molecule has 1 aliphatic rings. The van der Waals surface area contributed by atoms with E-state index in [4.69, 9.17) is 32.7 Å². The van der Waals surface area contributed by atoms with Gasteiger partial charge in [-0.2, -0.15) is 8.78 Å². The summed E-state index contributed by atoms with van der Waals surface area (Å²) in [6.45, 7) is -2.73. The standard InChI is InChI=1S/C30H27Cl2F2N3O6S2/c1-45(39,40)37(16-19-3-2-10-35-13-19)28-9-8-27(44-28)29(38)42-25(12-21-22(31)14-36-15-23(21)32)20-6-7-24(43-30(33)34)26(11-20)41-17-18-4-5-18/h2-3,6-11,13-15,18,25,30H,4-5,12,16-17H2,1H3/t25-/m0/s1. The van der Waals surface area contributed by atoms with Crippen molar-refractivity contribution in [2.24, 2.45) is 5.92 Å². The van der Waals surface area contributed by atoms with Gasteiger partial charge in [-0.3, -0.25) is 14.3 Å². The molecule has 0 saturated heterocycles. The van der Waals surface area contributed by atoms with Crippen LogP contribution in [0.5, 0.6) is 11.5 Å². The molecule has 3 aromatic heterocycles. The first kappa shape index (κ1) is 32.9. The van der Waals surface area contributed by atoms with Gasteiger partial charge in [0.15, 0.2) is 11.5 Å². The van der Waals surface area contributed by atoms with Gasteiger partial charge in [-0.1, -0.05) is 35.3 Å². The normalized spacial score (nSPS) is 13.8. The van der Waals surface area contributed by atoms with Crippen molar-refractivity contribution >= 4 is 55.5 Å². The first-order chi connectivity index (χ1) is 21.5. The highest BCUT2D eigenvalue weighted by molar-refractivity contribution is 7.92. The molecule has 0 spiro atoms. The lowest BCUT2D eigenvalue weighted by Gasteiger charge is -2.21. The summed E-state index contributed by atoms with van der Waals surface area (Å²) < 4.78 is 69.2. The third kappa shape index (κ3) is 8.81. The fourth-order valence-electron chi connectivity index (χ4n) is 4.34. The quantitative estimate of drug-likeness (QED) is 0.126. The summed E-state index contributed by atoms with van der Waals surface area (Å²) in [5, 5.41) is 0.780. The van der Waals surface area contributed by atoms with Crippen LogP contribution in [0.2, 0.25) is 10.0 Å². The van der Waals surface area contributed by atoms with Gasteiger partial charge in [0, 0.05) is 31.2 Å². The predicted molar refractivity (Wildman–Crippen MR) is 167 cm³/mol. The lowest BCUT2D eigenvalue weighted by atomic mass is 10.0. The summed E-state index contributed by atoms with van der Waals surface area (Å²) >= 11 is 13.7. The largest absolute Gasteiger partial charge is 0.489 e. The molecule has 0 unspecified atom stereocenters. The fourth-order valence-corrected chi connectivity index (χ4v) is 6.95. The van der Waals surface area contributed by atoms with Gasteiger partial charge in [-0.15, -0.1) is 11.3 Å². The van der Waals surface area contributed by atoms with Crippen LogP contribution in [0, 0.1) is 5.92 Å². The molecule has 1 aromatic carbocycles. The highest BCUT2D eigenvalue weighted by Crippen LogP contribution is 2.39. The number of halogens is 4. The lowest BCUT2D eigenvalue weighted by molar-refractivity contribution is -0.0515. The number of esters is 1. The first-order valence-electron chi connectivity index (χ1n) is 13.6. The van der Waals surface area contributed by atoms with Crippen molar-refractivity contribution in [3.63, 3.8) is 0 Å². The van der Waals surface area contributed by atoms with Gasteiger partial charge in [0.2, 0.25) is 10.0 Å². The maximum absolute atomic E-state index is 13.5. The molecule has 15 heteroatoms. The molecule has 9 nitrogen and oxygen atoms in total. The number of hydrogen-bond donors (Lipinski definition) is 0. The van der Waals surface area contributed by atoms with E-state index in [1.54, 1.807) is 24.5 Å². The number of thiophene rings is 1. The Morgan fingerprint density at radius 2 is 1.82 bits per heavy atom. The van der Waals surface area contributed by atoms with Crippen molar-refractivity contribution in [1.29, 1.82) is 0 Å². The Bertz CT molecular complexity index is 1740. The molecule has 238 valence electrons. The number of alkyl halides is 2. The number of sulfonamides is 1. The summed E-state index contributed by atoms with van der Waals surface area (Å²) in [4.78, 5) is 21.7. The molecule has 1 fully saturated rings. The van der Waals surface area contributed by atoms with Crippen LogP contribution in [-0.4, -0.2) is 43.8 Å². The van der Waals surface area contributed by atoms with Crippen LogP contribution in [0.1, 0.15) is 45.3 Å². The zero-order valence-corrected chi connectivity index (χ0v) is 26.9. The average Bonchev–Trinajstić information content (AvgIpc) is 3.70. The van der Waals surface area contributed by atoms with Gasteiger partial charge in [0.1, 0.15) is 16.0 Å². The summed E-state index contributed by atoms with van der Waals surface area (Å²) in [5.74, 6) is -0.503. The van der Waals surface area contributed by atoms with E-state index in [-0.39, 0.29) is 39.4 Å². The van der Waals surface area contributed by atoms with E-state index < -0.39 is 28.7 Å². The number of anilines is 1. The number of carbonyl (C=O) groups is 1. The average molecular weight is 699 g/mol. The number of pyridine rings is 2. The third-order valence-electron chi connectivity index (χ3n) is 6.81. The second-order valence-electron chi connectivity index (χ2n) is 10.3. The topological polar surface area (TPSA) is 108 Å². The van der Waals surface area contributed by atoms with Gasteiger partial charge < -0.3 is 14.2 Å². The van der Waals surface area contributed by atoms with E-state index in [9.17, 15) is 22.0 Å². The van der Waals surface area contributed by atoms with Gasteiger partial charge in [0.25, 0.3) is 0 Å². The van der Waals surface area contributed by atoms with E-state index >= 15 is 0 Å². The number of rotatable bonds is 14. The van der Waals surface area contributed by atoms with Crippen LogP contribution in [-0.2, 0) is 27.7 Å². The Labute approximate surface area is 272 Å². The summed E-state index contributed by atoms with van der Waals surface area (Å²) in [6, 6.07) is 10.7. The molecule has 5 rings (SSSR count). The monoisotopic (exact) mass is 697 g/mol. The Hall–Kier alpha value is -3.52. The van der Waals surface area contributed by atoms with Crippen molar-refractivity contribution in [3.8, 4) is 11.5 Å². The van der Waals surface area contributed by atoms with Crippen molar-refractivity contribution in [2.45, 2.75) is 38.5 Å². The van der Waals surface area contributed by atoms with Gasteiger partial charge in [-0.05, 0) is 65.8 Å². The lowest BCUT2D eigenvalue weighted by Crippen LogP contribution is -2.28. The highest BCUT2D eigenvalue weighted by atomic mass is 35.5. The summed E-state index contributed by atoms with van der Waals surface area (Å²) in [5.41, 5.74) is 1.52. The van der Waals surface area contributed by atoms with Crippen LogP contribution < -0.4 is 13.8 Å². The Morgan fingerprint density at radius 1 is 1.07 bits per heavy atom. The van der Waals surface area contributed by atoms with Crippen LogP contribution in [0.3, 0.4) is 0 Å². The van der Waals surface area contributed by atoms with E-state index in [1.807, 2.05) is 0 Å². The zero-order valence-electron chi connectivity index (χ0n) is 23.7. The van der Waals surface area contributed by atoms with Gasteiger partial charge in [0.05, 0.1) is 29.5 Å². The molecule has 1 atom stereocenters. The van der Waals surface area contributed by atoms with Crippen molar-refractivity contribution in [3.05, 3.63) is 98.9 Å². The summed E-state index contributed by atoms with van der Waals surface area (Å²) in [6.07, 6.45) is 7.97. The fraction of sp³-hybridized carbons (Fsp3) is 0.300. The van der Waals surface area contributed by atoms with Crippen molar-refractivity contribution in [1.82, 2.24) is 9.97 Å². The predicted octanol–water partition coefficient (Wildman–Crippen LogP) is 7.34. The number of aromatic nitrogens is 2. The molecule has 0 amide bonds. The smallest absolute Gasteiger partial charge is 0.387 e. The van der Waals surface area contributed by atoms with E-state index in [0.717, 1.165) is 30.4 Å². The van der Waals surface area contributed by atoms with Crippen LogP contribution in [0.15, 0.2) is 67.3 Å². The molecule has 0 bridgehead atoms. The maximum Gasteiger partial charge on any atom is 0.387 e. The maximum atomic E-state index is 13.5. The Kier molecular flexibility index (Phi) is 10.4. The van der Waals surface area contributed by atoms with Crippen molar-refractivity contribution in [2.75, 3.05) is 17.2 Å². The van der Waals surface area contributed by atoms with Crippen molar-refractivity contribution < 1.29 is 36.2 Å². The molecule has 0 radical (unpaired) electrons. The number of hydrogen-bond acceptors (Lipinski definition) is 9. The van der Waals surface area contributed by atoms with Gasteiger partial charge >= 0.3 is 12.6 Å². The highest BCUT2D eigenvalue weighted by Gasteiger charge is 2.28. The summed E-state index contributed by atoms with van der Waals surface area (Å²) in [7, 11) is -3.72. The van der Waals surface area contributed by atoms with Crippen LogP contribution >= 0.6 is 34.5 Å². The SMILES string of the molecule is CS(=O)(=O)N(Cc1cccnc1)c1ccc(C(=O)O[C@@H](Cc2c(Cl)cncc2Cl)c2ccc(OC(F)F)c(OCC3CC3)c2)s1. The van der Waals surface area contributed by atoms with E-state index in [0.29, 0.717) is 34.2 Å². The van der Waals surface area contributed by atoms with E-state index in [1.165, 1.54) is 47.0 Å². The first-order valence-corrected chi connectivity index (χ1v) is 17.1. The number of benzene rings is 1. The van der Waals surface area contributed by atoms with Crippen LogP contribution in [0.4, 0.5) is 13.8 Å². The Morgan fingerprint density at radius 3 is 2.47 bits per heavy atom. The van der Waals surface area contributed by atoms with Gasteiger partial charge in [-0.25, -0.2) is 13.2 Å². The molecule has 3 heterocycles. The molecule has 0 aliphatic heterocycles. The zero-order chi connectivity index (χ0) is 32.1. The second kappa shape index (κ2) is 14.3. The minimum absolute atomic E-state index is 0.0117. The molecule has 4 aromatic rings. The minimum Gasteiger partial charge on any atom is -0.489 e.